The standard InChI is InChI=1S/C32H18N8.4HO3S.Zn/c1-2-10-18-17(9-1)25-33-26(18)38-28-21-13-5-6-14-22(21)30(35-28)40-32-24-16-8-7-15-23(24)31(36-32)39-29-20-12-4-3-11-19(20)27(34-29)37-25;4*1-4(2)3;/h1-16H,(H2,33,34,35,36,37,38,39,40);4*(H,1,2,3);. The van der Waals surface area contributed by atoms with Crippen molar-refractivity contribution >= 4 is 76.6 Å². The minimum atomic E-state index is -8.56. The Hall–Kier alpha value is -5.50. The van der Waals surface area contributed by atoms with Crippen molar-refractivity contribution in [1.82, 2.24) is 39.9 Å². The Balaban J connectivity index is 0.000000229. The average molecular weight is 904 g/mol. The Morgan fingerprint density at radius 1 is 0.351 bits per heavy atom. The van der Waals surface area contributed by atoms with Crippen LogP contribution in [0.1, 0.15) is 0 Å². The van der Waals surface area contributed by atoms with E-state index in [9.17, 15) is 33.7 Å². The molecule has 0 unspecified atom stereocenters. The van der Waals surface area contributed by atoms with Crippen LogP contribution in [0.5, 0.6) is 0 Å². The normalized spacial score (nSPS) is 12.8. The van der Waals surface area contributed by atoms with Crippen molar-refractivity contribution in [1.29, 1.82) is 0 Å². The van der Waals surface area contributed by atoms with Crippen LogP contribution in [-0.2, 0) is 42.3 Å². The number of hydrogen-bond acceptors (Lipinski definition) is 14. The van der Waals surface area contributed by atoms with Crippen LogP contribution < -0.4 is 0 Å². The van der Waals surface area contributed by atoms with E-state index < -0.39 is 42.3 Å². The predicted molar refractivity (Wildman–Crippen MR) is 202 cm³/mol. The van der Waals surface area contributed by atoms with E-state index in [1.54, 1.807) is 0 Å². The van der Waals surface area contributed by atoms with Crippen LogP contribution in [0.15, 0.2) is 97.1 Å². The van der Waals surface area contributed by atoms with Crippen LogP contribution in [0.25, 0.3) is 89.7 Å². The Bertz CT molecular complexity index is 3050. The first-order chi connectivity index (χ1) is 26.8. The third-order valence-electron chi connectivity index (χ3n) is 9.25. The summed E-state index contributed by atoms with van der Waals surface area (Å²) in [6, 6.07) is 32.2. The van der Waals surface area contributed by atoms with Crippen LogP contribution in [0, 0.1) is 0 Å². The number of aromatic nitrogens is 8. The Morgan fingerprint density at radius 3 is 0.754 bits per heavy atom. The van der Waals surface area contributed by atoms with Gasteiger partial charge >= 0.3 is 94.2 Å². The second-order valence-corrected chi connectivity index (χ2v) is 68.2. The molecule has 5 heterocycles. The quantitative estimate of drug-likeness (QED) is 0.106. The summed E-state index contributed by atoms with van der Waals surface area (Å²) in [4.78, 5) is 36.8. The second-order valence-electron chi connectivity index (χ2n) is 12.8. The summed E-state index contributed by atoms with van der Waals surface area (Å²) in [6.45, 7) is 0. The van der Waals surface area contributed by atoms with Crippen molar-refractivity contribution < 1.29 is 61.8 Å². The fraction of sp³-hybridized carbons (Fsp3) is 0. The van der Waals surface area contributed by atoms with E-state index in [1.807, 2.05) is 97.1 Å². The number of rotatable bonds is 4. The molecular formula is C32H22N8O12S4Zn. The topological polar surface area (TPSA) is 326 Å². The third kappa shape index (κ3) is 6.19. The number of hydrogen-bond donors (Lipinski definition) is 6. The van der Waals surface area contributed by atoms with Gasteiger partial charge in [0.25, 0.3) is 0 Å². The molecule has 0 aliphatic carbocycles. The molecule has 2 aliphatic rings. The first-order valence-corrected chi connectivity index (χ1v) is 37.2. The largest absolute Gasteiger partial charge is 0.324 e. The first-order valence-electron chi connectivity index (χ1n) is 16.2. The third-order valence-corrected chi connectivity index (χ3v) is 91.0. The molecule has 0 radical (unpaired) electrons. The van der Waals surface area contributed by atoms with Gasteiger partial charge in [0.05, 0.1) is 0 Å². The molecule has 2 aliphatic heterocycles. The molecule has 0 amide bonds. The molecule has 0 atom stereocenters. The molecule has 0 spiro atoms. The molecule has 25 heteroatoms. The maximum atomic E-state index is 10.6. The Morgan fingerprint density at radius 2 is 0.561 bits per heavy atom. The van der Waals surface area contributed by atoms with E-state index in [0.29, 0.717) is 45.9 Å². The van der Waals surface area contributed by atoms with Crippen LogP contribution >= 0.6 is 0 Å². The van der Waals surface area contributed by atoms with Crippen LogP contribution in [-0.4, -0.2) is 91.8 Å². The molecule has 0 saturated carbocycles. The van der Waals surface area contributed by atoms with Gasteiger partial charge < -0.3 is 9.97 Å². The van der Waals surface area contributed by atoms with E-state index >= 15 is 0 Å². The van der Waals surface area contributed by atoms with E-state index in [4.69, 9.17) is 48.1 Å². The summed E-state index contributed by atoms with van der Waals surface area (Å²) in [5.74, 6) is 2.39. The molecule has 7 aromatic rings. The molecule has 4 aromatic carbocycles. The van der Waals surface area contributed by atoms with Crippen molar-refractivity contribution in [3.63, 3.8) is 0 Å². The molecule has 9 rings (SSSR count). The molecule has 0 fully saturated rings. The summed E-state index contributed by atoms with van der Waals surface area (Å²) in [7, 11) is -34.5. The number of nitrogens with zero attached hydrogens (tertiary/aromatic N) is 6. The predicted octanol–water partition coefficient (Wildman–Crippen LogP) is 4.22. The zero-order valence-corrected chi connectivity index (χ0v) is 34.5. The second kappa shape index (κ2) is 13.3. The number of aromatic amines is 2. The fourth-order valence-corrected chi connectivity index (χ4v) is 58.4. The number of fused-ring (bicyclic) bond motifs is 20. The Kier molecular flexibility index (Phi) is 8.95. The molecule has 8 bridgehead atoms. The van der Waals surface area contributed by atoms with Gasteiger partial charge in [0.15, 0.2) is 23.3 Å². The van der Waals surface area contributed by atoms with Gasteiger partial charge in [-0.2, -0.15) is 0 Å². The van der Waals surface area contributed by atoms with Gasteiger partial charge in [0.2, 0.25) is 0 Å². The summed E-state index contributed by atoms with van der Waals surface area (Å²) in [5.41, 5.74) is 6.45. The van der Waals surface area contributed by atoms with Crippen molar-refractivity contribution in [2.45, 2.75) is 0 Å². The smallest absolute Gasteiger partial charge is 0.164 e. The molecular weight excluding hydrogens is 882 g/mol. The van der Waals surface area contributed by atoms with Gasteiger partial charge in [-0.15, -0.1) is 0 Å². The number of benzene rings is 4. The zero-order valence-electron chi connectivity index (χ0n) is 28.3. The molecule has 6 N–H and O–H groups in total. The van der Waals surface area contributed by atoms with Crippen molar-refractivity contribution in [3.05, 3.63) is 97.1 Å². The zero-order chi connectivity index (χ0) is 40.7. The maximum absolute atomic E-state index is 10.6. The number of nitrogens with one attached hydrogen (secondary N) is 2. The monoisotopic (exact) mass is 902 g/mol. The summed E-state index contributed by atoms with van der Waals surface area (Å²) in [5, 5.41) is 3.82. The molecule has 288 valence electrons. The van der Waals surface area contributed by atoms with Gasteiger partial charge in [-0.3, -0.25) is 0 Å². The SMILES string of the molecule is O=[S](=O)(O)[Zn]([S](=O)(=O)O)([S](=O)(=O)O)[S](=O)(=O)O.c1ccc2c(c1)-c1nc-2nc2[nH]c(nc3nc(nc4[nH]c(n1)c1ccccc41)-c1ccccc1-3)c1ccccc21. The summed E-state index contributed by atoms with van der Waals surface area (Å²) < 4.78 is 119. The van der Waals surface area contributed by atoms with Gasteiger partial charge in [-0.25, -0.2) is 29.9 Å². The number of H-pyrrole nitrogens is 2. The molecule has 20 nitrogen and oxygen atoms in total. The van der Waals surface area contributed by atoms with Crippen molar-refractivity contribution in [3.8, 4) is 45.6 Å². The van der Waals surface area contributed by atoms with E-state index in [2.05, 4.69) is 9.97 Å². The van der Waals surface area contributed by atoms with Gasteiger partial charge in [-0.1, -0.05) is 97.1 Å². The van der Waals surface area contributed by atoms with Crippen molar-refractivity contribution in [2.24, 2.45) is 0 Å². The van der Waals surface area contributed by atoms with Gasteiger partial charge in [-0.05, 0) is 0 Å². The van der Waals surface area contributed by atoms with E-state index in [-0.39, 0.29) is 0 Å². The minimum absolute atomic E-state index is 0.597. The average Bonchev–Trinajstić information content (AvgIpc) is 3.85. The molecule has 3 aromatic heterocycles. The molecule has 0 saturated heterocycles. The maximum Gasteiger partial charge on any atom is 0.164 e. The summed E-state index contributed by atoms with van der Waals surface area (Å²) >= 11 is 0. The minimum Gasteiger partial charge on any atom is -0.324 e. The van der Waals surface area contributed by atoms with Gasteiger partial charge in [0, 0.05) is 43.8 Å². The molecule has 57 heavy (non-hydrogen) atoms. The van der Waals surface area contributed by atoms with E-state index in [0.717, 1.165) is 43.8 Å². The summed E-state index contributed by atoms with van der Waals surface area (Å²) in [6.07, 6.45) is 0. The van der Waals surface area contributed by atoms with Crippen LogP contribution in [0.3, 0.4) is 0 Å². The van der Waals surface area contributed by atoms with E-state index in [1.165, 1.54) is 0 Å². The van der Waals surface area contributed by atoms with Gasteiger partial charge in [0.1, 0.15) is 22.6 Å². The fourth-order valence-electron chi connectivity index (χ4n) is 6.72. The Labute approximate surface area is 319 Å². The van der Waals surface area contributed by atoms with Crippen molar-refractivity contribution in [2.75, 3.05) is 0 Å². The first kappa shape index (κ1) is 38.4. The van der Waals surface area contributed by atoms with Crippen LogP contribution in [0.4, 0.5) is 0 Å². The van der Waals surface area contributed by atoms with Crippen LogP contribution in [0.2, 0.25) is 0 Å².